The van der Waals surface area contributed by atoms with Gasteiger partial charge in [0.25, 0.3) is 11.8 Å². The van der Waals surface area contributed by atoms with E-state index in [4.69, 9.17) is 0 Å². The number of halogens is 2. The van der Waals surface area contributed by atoms with Gasteiger partial charge in [-0.3, -0.25) is 19.6 Å². The topological polar surface area (TPSA) is 120 Å². The highest BCUT2D eigenvalue weighted by atomic mass is 32.1. The van der Waals surface area contributed by atoms with E-state index in [9.17, 15) is 23.5 Å². The minimum Gasteiger partial charge on any atom is -0.389 e. The number of aliphatic hydroxyl groups is 1. The van der Waals surface area contributed by atoms with Crippen molar-refractivity contribution in [2.45, 2.75) is 63.3 Å². The molecule has 4 aromatic rings. The zero-order valence-corrected chi connectivity index (χ0v) is 25.6. The minimum absolute atomic E-state index is 0.00189. The van der Waals surface area contributed by atoms with Crippen LogP contribution in [0.15, 0.2) is 60.4 Å². The van der Waals surface area contributed by atoms with Gasteiger partial charge < -0.3 is 20.6 Å². The van der Waals surface area contributed by atoms with Crippen molar-refractivity contribution >= 4 is 23.2 Å². The van der Waals surface area contributed by atoms with Gasteiger partial charge in [-0.2, -0.15) is 0 Å². The molecule has 0 aliphatic carbocycles. The lowest BCUT2D eigenvalue weighted by atomic mass is 9.94. The predicted octanol–water partition coefficient (Wildman–Crippen LogP) is 4.62. The number of nitrogens with one attached hydrogen (secondary N) is 2. The molecular weight excluding hydrogens is 598 g/mol. The third kappa shape index (κ3) is 7.08. The lowest BCUT2D eigenvalue weighted by Gasteiger charge is -2.29. The summed E-state index contributed by atoms with van der Waals surface area (Å²) in [5, 5.41) is 20.3. The van der Waals surface area contributed by atoms with Crippen LogP contribution in [-0.2, 0) is 6.42 Å². The molecule has 4 heterocycles. The van der Waals surface area contributed by atoms with Gasteiger partial charge in [0.2, 0.25) is 0 Å². The molecular formula is C33H34F2N6O3S. The quantitative estimate of drug-likeness (QED) is 0.246. The average Bonchev–Trinajstić information content (AvgIpc) is 3.82. The van der Waals surface area contributed by atoms with E-state index in [2.05, 4.69) is 25.6 Å². The van der Waals surface area contributed by atoms with Crippen molar-refractivity contribution in [1.29, 1.82) is 0 Å². The first-order valence-corrected chi connectivity index (χ1v) is 15.9. The van der Waals surface area contributed by atoms with Crippen LogP contribution in [-0.4, -0.2) is 68.0 Å². The number of carbonyl (C=O) groups is 2. The SMILES string of the molecule is Cc1csc(C2CCCN2C(=O)c2cc(C(=O)N[C@@H](Cc3cc(F)cc(F)c3)[C@H](O)C3CCCN3)cc(-c3cnccn3)c2)n1. The monoisotopic (exact) mass is 632 g/mol. The molecule has 0 saturated carbocycles. The van der Waals surface area contributed by atoms with Gasteiger partial charge in [-0.15, -0.1) is 11.3 Å². The van der Waals surface area contributed by atoms with Crippen molar-refractivity contribution in [3.05, 3.63) is 99.4 Å². The van der Waals surface area contributed by atoms with Gasteiger partial charge in [0.15, 0.2) is 0 Å². The Morgan fingerprint density at radius 2 is 1.89 bits per heavy atom. The molecule has 2 fully saturated rings. The molecule has 0 radical (unpaired) electrons. The molecule has 2 aromatic heterocycles. The predicted molar refractivity (Wildman–Crippen MR) is 166 cm³/mol. The van der Waals surface area contributed by atoms with Gasteiger partial charge in [0.05, 0.1) is 30.1 Å². The summed E-state index contributed by atoms with van der Waals surface area (Å²) in [6, 6.07) is 6.72. The summed E-state index contributed by atoms with van der Waals surface area (Å²) in [6.45, 7) is 3.21. The van der Waals surface area contributed by atoms with Crippen LogP contribution in [0.5, 0.6) is 0 Å². The number of likely N-dealkylation sites (tertiary alicyclic amines) is 1. The summed E-state index contributed by atoms with van der Waals surface area (Å²) in [5.41, 5.74) is 2.72. The number of aryl methyl sites for hydroxylation is 1. The molecule has 4 atom stereocenters. The summed E-state index contributed by atoms with van der Waals surface area (Å²) in [4.78, 5) is 42.9. The Morgan fingerprint density at radius 3 is 2.58 bits per heavy atom. The number of carbonyl (C=O) groups excluding carboxylic acids is 2. The van der Waals surface area contributed by atoms with Crippen LogP contribution < -0.4 is 10.6 Å². The van der Waals surface area contributed by atoms with Crippen LogP contribution in [0.2, 0.25) is 0 Å². The Morgan fingerprint density at radius 1 is 1.09 bits per heavy atom. The number of aromatic nitrogens is 3. The van der Waals surface area contributed by atoms with Gasteiger partial charge in [0, 0.05) is 58.8 Å². The second-order valence-corrected chi connectivity index (χ2v) is 12.5. The van der Waals surface area contributed by atoms with Gasteiger partial charge >= 0.3 is 0 Å². The number of hydrogen-bond acceptors (Lipinski definition) is 8. The summed E-state index contributed by atoms with van der Waals surface area (Å²) in [5.74, 6) is -2.25. The first-order valence-electron chi connectivity index (χ1n) is 15.1. The summed E-state index contributed by atoms with van der Waals surface area (Å²) in [6.07, 6.45) is 6.78. The Kier molecular flexibility index (Phi) is 9.24. The van der Waals surface area contributed by atoms with Crippen molar-refractivity contribution in [3.8, 4) is 11.3 Å². The Hall–Kier alpha value is -4.13. The van der Waals surface area contributed by atoms with Crippen LogP contribution >= 0.6 is 11.3 Å². The molecule has 2 saturated heterocycles. The second kappa shape index (κ2) is 13.5. The molecule has 2 amide bonds. The maximum atomic E-state index is 14.0. The Balaban J connectivity index is 1.33. The first-order chi connectivity index (χ1) is 21.7. The molecule has 12 heteroatoms. The number of amides is 2. The molecule has 3 N–H and O–H groups in total. The van der Waals surface area contributed by atoms with Gasteiger partial charge in [-0.1, -0.05) is 0 Å². The molecule has 45 heavy (non-hydrogen) atoms. The maximum absolute atomic E-state index is 14.0. The van der Waals surface area contributed by atoms with Crippen LogP contribution in [0.25, 0.3) is 11.3 Å². The molecule has 9 nitrogen and oxygen atoms in total. The number of nitrogens with zero attached hydrogens (tertiary/aromatic N) is 4. The molecule has 2 aromatic carbocycles. The lowest BCUT2D eigenvalue weighted by Crippen LogP contribution is -2.52. The molecule has 234 valence electrons. The molecule has 0 bridgehead atoms. The first kappa shape index (κ1) is 30.9. The Bertz CT molecular complexity index is 1660. The number of rotatable bonds is 9. The van der Waals surface area contributed by atoms with Crippen molar-refractivity contribution in [2.24, 2.45) is 0 Å². The number of aliphatic hydroxyl groups excluding tert-OH is 1. The van der Waals surface area contributed by atoms with E-state index in [1.54, 1.807) is 29.3 Å². The van der Waals surface area contributed by atoms with E-state index in [0.29, 0.717) is 35.3 Å². The number of benzene rings is 2. The van der Waals surface area contributed by atoms with E-state index in [-0.39, 0.29) is 30.0 Å². The fourth-order valence-electron chi connectivity index (χ4n) is 6.21. The highest BCUT2D eigenvalue weighted by molar-refractivity contribution is 7.09. The molecule has 2 aliphatic rings. The molecule has 0 spiro atoms. The van der Waals surface area contributed by atoms with Crippen molar-refractivity contribution < 1.29 is 23.5 Å². The summed E-state index contributed by atoms with van der Waals surface area (Å²) < 4.78 is 28.1. The van der Waals surface area contributed by atoms with Crippen molar-refractivity contribution in [1.82, 2.24) is 30.5 Å². The summed E-state index contributed by atoms with van der Waals surface area (Å²) >= 11 is 1.53. The number of thiazole rings is 1. The van der Waals surface area contributed by atoms with Crippen LogP contribution in [0.1, 0.15) is 68.7 Å². The highest BCUT2D eigenvalue weighted by Gasteiger charge is 2.34. The fraction of sp³-hybridized carbons (Fsp3) is 0.364. The van der Waals surface area contributed by atoms with E-state index < -0.39 is 29.7 Å². The van der Waals surface area contributed by atoms with E-state index in [1.807, 2.05) is 12.3 Å². The standard InChI is InChI=1S/C33H34F2N6O3S/c1-19-18-45-32(39-19)29-5-3-9-41(29)33(44)23-14-21(28-17-36-7-8-38-28)13-22(15-23)31(43)40-27(30(42)26-4-2-6-37-26)12-20-10-24(34)16-25(35)11-20/h7-8,10-11,13-18,26-27,29-30,37,42H,2-6,9,12H2,1H3,(H,40,43)/t26?,27-,29?,30+/m0/s1. The summed E-state index contributed by atoms with van der Waals surface area (Å²) in [7, 11) is 0. The van der Waals surface area contributed by atoms with E-state index in [1.165, 1.54) is 35.9 Å². The zero-order valence-electron chi connectivity index (χ0n) is 24.7. The smallest absolute Gasteiger partial charge is 0.254 e. The van der Waals surface area contributed by atoms with Gasteiger partial charge in [-0.05, 0) is 81.5 Å². The van der Waals surface area contributed by atoms with Gasteiger partial charge in [-0.25, -0.2) is 13.8 Å². The van der Waals surface area contributed by atoms with Crippen molar-refractivity contribution in [3.63, 3.8) is 0 Å². The largest absolute Gasteiger partial charge is 0.389 e. The number of hydrogen-bond donors (Lipinski definition) is 3. The van der Waals surface area contributed by atoms with Crippen LogP contribution in [0, 0.1) is 18.6 Å². The van der Waals surface area contributed by atoms with Crippen LogP contribution in [0.4, 0.5) is 8.78 Å². The second-order valence-electron chi connectivity index (χ2n) is 11.6. The van der Waals surface area contributed by atoms with Crippen LogP contribution in [0.3, 0.4) is 0 Å². The normalized spacial score (nSPS) is 19.4. The van der Waals surface area contributed by atoms with E-state index >= 15 is 0 Å². The maximum Gasteiger partial charge on any atom is 0.254 e. The van der Waals surface area contributed by atoms with Crippen molar-refractivity contribution in [2.75, 3.05) is 13.1 Å². The van der Waals surface area contributed by atoms with Gasteiger partial charge in [0.1, 0.15) is 16.6 Å². The van der Waals surface area contributed by atoms with E-state index in [0.717, 1.165) is 42.6 Å². The fourth-order valence-corrected chi connectivity index (χ4v) is 7.15. The molecule has 6 rings (SSSR count). The molecule has 2 aliphatic heterocycles. The third-order valence-electron chi connectivity index (χ3n) is 8.35. The molecule has 2 unspecified atom stereocenters. The minimum atomic E-state index is -1.03. The highest BCUT2D eigenvalue weighted by Crippen LogP contribution is 2.35. The Labute approximate surface area is 263 Å². The zero-order chi connectivity index (χ0) is 31.5. The third-order valence-corrected chi connectivity index (χ3v) is 9.42. The average molecular weight is 633 g/mol. The lowest BCUT2D eigenvalue weighted by molar-refractivity contribution is 0.0733.